The second-order valence-corrected chi connectivity index (χ2v) is 5.08. The van der Waals surface area contributed by atoms with Gasteiger partial charge in [-0.1, -0.05) is 36.4 Å². The monoisotopic (exact) mass is 371 g/mol. The van der Waals surface area contributed by atoms with Gasteiger partial charge in [-0.15, -0.1) is 0 Å². The summed E-state index contributed by atoms with van der Waals surface area (Å²) >= 11 is 2.10. The predicted molar refractivity (Wildman–Crippen MR) is 71.3 cm³/mol. The Morgan fingerprint density at radius 3 is 2.39 bits per heavy atom. The molecule has 0 heterocycles. The first kappa shape index (κ1) is 15.3. The maximum Gasteiger partial charge on any atom is 0.254 e. The van der Waals surface area contributed by atoms with E-state index in [0.717, 1.165) is 12.1 Å². The van der Waals surface area contributed by atoms with Crippen LogP contribution in [-0.4, -0.2) is 16.4 Å². The molecule has 1 aromatic carbocycles. The summed E-state index contributed by atoms with van der Waals surface area (Å²) in [6, 6.07) is 1.53. The second kappa shape index (κ2) is 6.40. The fourth-order valence-corrected chi connectivity index (χ4v) is 2.57. The van der Waals surface area contributed by atoms with Gasteiger partial charge >= 0.3 is 0 Å². The molecule has 0 aliphatic rings. The van der Waals surface area contributed by atoms with Crippen LogP contribution in [0, 0.1) is 23.4 Å². The Bertz CT molecular complexity index is 451. The molecule has 1 rings (SSSR count). The van der Waals surface area contributed by atoms with E-state index in [-0.39, 0.29) is 12.0 Å². The van der Waals surface area contributed by atoms with Gasteiger partial charge in [0.2, 0.25) is 0 Å². The van der Waals surface area contributed by atoms with Crippen molar-refractivity contribution in [2.45, 2.75) is 19.9 Å². The molecule has 18 heavy (non-hydrogen) atoms. The van der Waals surface area contributed by atoms with Gasteiger partial charge in [-0.3, -0.25) is 4.79 Å². The van der Waals surface area contributed by atoms with Crippen molar-refractivity contribution in [1.82, 2.24) is 5.32 Å². The van der Waals surface area contributed by atoms with Gasteiger partial charge in [0, 0.05) is 10.5 Å². The number of benzene rings is 1. The molecule has 1 aromatic rings. The molecule has 0 aliphatic heterocycles. The Morgan fingerprint density at radius 1 is 1.28 bits per heavy atom. The molecule has 0 aliphatic carbocycles. The zero-order valence-electron chi connectivity index (χ0n) is 9.94. The van der Waals surface area contributed by atoms with Crippen molar-refractivity contribution in [3.63, 3.8) is 0 Å². The third kappa shape index (κ3) is 3.37. The van der Waals surface area contributed by atoms with E-state index in [0.29, 0.717) is 4.43 Å². The van der Waals surface area contributed by atoms with Gasteiger partial charge in [0.25, 0.3) is 5.91 Å². The van der Waals surface area contributed by atoms with Gasteiger partial charge in [0.05, 0.1) is 5.56 Å². The summed E-state index contributed by atoms with van der Waals surface area (Å²) in [6.07, 6.45) is 0. The highest BCUT2D eigenvalue weighted by atomic mass is 127. The summed E-state index contributed by atoms with van der Waals surface area (Å²) in [7, 11) is 0. The number of rotatable bonds is 4. The fourth-order valence-electron chi connectivity index (χ4n) is 1.33. The lowest BCUT2D eigenvalue weighted by atomic mass is 10.1. The molecular formula is C12H13F3INO. The summed E-state index contributed by atoms with van der Waals surface area (Å²) in [5.74, 6) is -4.96. The average molecular weight is 371 g/mol. The summed E-state index contributed by atoms with van der Waals surface area (Å²) < 4.78 is 39.8. The Hall–Kier alpha value is -0.790. The first-order valence-corrected chi connectivity index (χ1v) is 6.91. The van der Waals surface area contributed by atoms with Crippen LogP contribution < -0.4 is 5.32 Å². The third-order valence-electron chi connectivity index (χ3n) is 2.57. The van der Waals surface area contributed by atoms with Crippen molar-refractivity contribution >= 4 is 28.5 Å². The van der Waals surface area contributed by atoms with Crippen molar-refractivity contribution in [1.29, 1.82) is 0 Å². The first-order chi connectivity index (χ1) is 8.38. The van der Waals surface area contributed by atoms with E-state index >= 15 is 0 Å². The van der Waals surface area contributed by atoms with Crippen molar-refractivity contribution in [2.24, 2.45) is 5.92 Å². The van der Waals surface area contributed by atoms with Crippen LogP contribution in [0.15, 0.2) is 12.1 Å². The van der Waals surface area contributed by atoms with Gasteiger partial charge in [-0.25, -0.2) is 13.2 Å². The maximum absolute atomic E-state index is 13.4. The molecular weight excluding hydrogens is 358 g/mol. The number of nitrogens with one attached hydrogen (secondary N) is 1. The number of hydrogen-bond acceptors (Lipinski definition) is 1. The van der Waals surface area contributed by atoms with Crippen LogP contribution in [0.1, 0.15) is 24.2 Å². The van der Waals surface area contributed by atoms with Crippen LogP contribution in [0.5, 0.6) is 0 Å². The van der Waals surface area contributed by atoms with E-state index in [9.17, 15) is 18.0 Å². The van der Waals surface area contributed by atoms with Crippen LogP contribution in [-0.2, 0) is 0 Å². The van der Waals surface area contributed by atoms with Crippen molar-refractivity contribution in [3.8, 4) is 0 Å². The lowest BCUT2D eigenvalue weighted by Crippen LogP contribution is -2.40. The lowest BCUT2D eigenvalue weighted by Gasteiger charge is -2.20. The molecule has 0 spiro atoms. The van der Waals surface area contributed by atoms with Crippen molar-refractivity contribution in [2.75, 3.05) is 4.43 Å². The highest BCUT2D eigenvalue weighted by molar-refractivity contribution is 14.1. The predicted octanol–water partition coefficient (Wildman–Crippen LogP) is 3.29. The van der Waals surface area contributed by atoms with Crippen LogP contribution in [0.2, 0.25) is 0 Å². The van der Waals surface area contributed by atoms with E-state index < -0.39 is 28.9 Å². The van der Waals surface area contributed by atoms with Gasteiger partial charge in [0.1, 0.15) is 0 Å². The molecule has 0 bridgehead atoms. The van der Waals surface area contributed by atoms with E-state index in [1.807, 2.05) is 13.8 Å². The standard InChI is InChI=1S/C12H13F3INO/c1-6(2)9(5-16)17-12(18)7-3-4-8(13)11(15)10(7)14/h3-4,6,9H,5H2,1-2H3,(H,17,18). The zero-order chi connectivity index (χ0) is 13.9. The van der Waals surface area contributed by atoms with E-state index in [2.05, 4.69) is 27.9 Å². The number of halogens is 4. The molecule has 100 valence electrons. The molecule has 1 unspecified atom stereocenters. The summed E-state index contributed by atoms with van der Waals surface area (Å²) in [5.41, 5.74) is -0.482. The van der Waals surface area contributed by atoms with Crippen molar-refractivity contribution in [3.05, 3.63) is 35.1 Å². The molecule has 0 fully saturated rings. The van der Waals surface area contributed by atoms with E-state index in [4.69, 9.17) is 0 Å². The van der Waals surface area contributed by atoms with Crippen LogP contribution >= 0.6 is 22.6 Å². The van der Waals surface area contributed by atoms with E-state index in [1.54, 1.807) is 0 Å². The lowest BCUT2D eigenvalue weighted by molar-refractivity contribution is 0.0926. The Kier molecular flexibility index (Phi) is 5.43. The molecule has 0 aromatic heterocycles. The Balaban J connectivity index is 2.95. The zero-order valence-corrected chi connectivity index (χ0v) is 12.1. The fraction of sp³-hybridized carbons (Fsp3) is 0.417. The first-order valence-electron chi connectivity index (χ1n) is 5.38. The van der Waals surface area contributed by atoms with Crippen molar-refractivity contribution < 1.29 is 18.0 Å². The van der Waals surface area contributed by atoms with Gasteiger partial charge < -0.3 is 5.32 Å². The topological polar surface area (TPSA) is 29.1 Å². The Labute approximate surface area is 117 Å². The normalized spacial score (nSPS) is 12.6. The molecule has 6 heteroatoms. The largest absolute Gasteiger partial charge is 0.348 e. The molecule has 0 radical (unpaired) electrons. The summed E-state index contributed by atoms with van der Waals surface area (Å²) in [5, 5.41) is 2.59. The molecule has 0 saturated carbocycles. The van der Waals surface area contributed by atoms with E-state index in [1.165, 1.54) is 0 Å². The number of amides is 1. The third-order valence-corrected chi connectivity index (χ3v) is 3.52. The minimum Gasteiger partial charge on any atom is -0.348 e. The molecule has 0 saturated heterocycles. The smallest absolute Gasteiger partial charge is 0.254 e. The number of carbonyl (C=O) groups is 1. The Morgan fingerprint density at radius 2 is 1.89 bits per heavy atom. The van der Waals surface area contributed by atoms with Crippen LogP contribution in [0.3, 0.4) is 0 Å². The quantitative estimate of drug-likeness (QED) is 0.491. The van der Waals surface area contributed by atoms with Crippen LogP contribution in [0.4, 0.5) is 13.2 Å². The molecule has 1 N–H and O–H groups in total. The minimum absolute atomic E-state index is 0.148. The van der Waals surface area contributed by atoms with Crippen LogP contribution in [0.25, 0.3) is 0 Å². The minimum atomic E-state index is -1.63. The SMILES string of the molecule is CC(C)C(CI)NC(=O)c1ccc(F)c(F)c1F. The number of alkyl halides is 1. The maximum atomic E-state index is 13.4. The molecule has 1 atom stereocenters. The molecule has 1 amide bonds. The summed E-state index contributed by atoms with van der Waals surface area (Å²) in [4.78, 5) is 11.8. The highest BCUT2D eigenvalue weighted by Crippen LogP contribution is 2.16. The number of hydrogen-bond donors (Lipinski definition) is 1. The molecule has 2 nitrogen and oxygen atoms in total. The highest BCUT2D eigenvalue weighted by Gasteiger charge is 2.21. The summed E-state index contributed by atoms with van der Waals surface area (Å²) in [6.45, 7) is 3.82. The van der Waals surface area contributed by atoms with Gasteiger partial charge in [-0.2, -0.15) is 0 Å². The average Bonchev–Trinajstić information content (AvgIpc) is 2.32. The second-order valence-electron chi connectivity index (χ2n) is 4.20. The van der Waals surface area contributed by atoms with Gasteiger partial charge in [0.15, 0.2) is 17.5 Å². The number of carbonyl (C=O) groups excluding carboxylic acids is 1. The van der Waals surface area contributed by atoms with Gasteiger partial charge in [-0.05, 0) is 18.1 Å².